The van der Waals surface area contributed by atoms with E-state index in [0.29, 0.717) is 24.3 Å². The molecule has 0 bridgehead atoms. The van der Waals surface area contributed by atoms with Crippen LogP contribution in [0.25, 0.3) is 0 Å². The number of benzene rings is 1. The number of carbonyl (C=O) groups is 2. The second-order valence-corrected chi connectivity index (χ2v) is 4.60. The van der Waals surface area contributed by atoms with Crippen LogP contribution in [0.5, 0.6) is 0 Å². The van der Waals surface area contributed by atoms with Crippen molar-refractivity contribution in [2.24, 2.45) is 0 Å². The molecule has 0 radical (unpaired) electrons. The van der Waals surface area contributed by atoms with Gasteiger partial charge in [-0.1, -0.05) is 19.9 Å². The predicted molar refractivity (Wildman–Crippen MR) is 81.8 cm³/mol. The molecule has 1 rings (SSSR count). The second-order valence-electron chi connectivity index (χ2n) is 4.60. The van der Waals surface area contributed by atoms with Crippen molar-refractivity contribution >= 4 is 23.2 Å². The minimum Gasteiger partial charge on any atom is -0.326 e. The zero-order valence-corrected chi connectivity index (χ0v) is 12.2. The maximum absolute atomic E-state index is 11.7. The van der Waals surface area contributed by atoms with E-state index in [1.54, 1.807) is 24.3 Å². The van der Waals surface area contributed by atoms with Crippen molar-refractivity contribution < 1.29 is 9.59 Å². The minimum atomic E-state index is -0.0875. The lowest BCUT2D eigenvalue weighted by Gasteiger charge is -2.09. The summed E-state index contributed by atoms with van der Waals surface area (Å²) >= 11 is 0. The summed E-state index contributed by atoms with van der Waals surface area (Å²) in [6.45, 7) is 5.12. The third-order valence-electron chi connectivity index (χ3n) is 2.62. The largest absolute Gasteiger partial charge is 0.326 e. The van der Waals surface area contributed by atoms with E-state index < -0.39 is 0 Å². The van der Waals surface area contributed by atoms with Crippen LogP contribution in [0.15, 0.2) is 24.3 Å². The van der Waals surface area contributed by atoms with Gasteiger partial charge in [0, 0.05) is 17.8 Å². The molecule has 0 atom stereocenters. The average molecular weight is 277 g/mol. The number of hydrogen-bond donors (Lipinski definition) is 3. The maximum Gasteiger partial charge on any atom is 0.238 e. The summed E-state index contributed by atoms with van der Waals surface area (Å²) in [6, 6.07) is 7.16. The van der Waals surface area contributed by atoms with Crippen LogP contribution in [0, 0.1) is 0 Å². The van der Waals surface area contributed by atoms with Gasteiger partial charge < -0.3 is 16.0 Å². The first-order valence-electron chi connectivity index (χ1n) is 7.06. The topological polar surface area (TPSA) is 70.2 Å². The van der Waals surface area contributed by atoms with Gasteiger partial charge in [0.15, 0.2) is 0 Å². The molecule has 1 aromatic carbocycles. The first kappa shape index (κ1) is 16.2. The van der Waals surface area contributed by atoms with Gasteiger partial charge in [-0.25, -0.2) is 0 Å². The van der Waals surface area contributed by atoms with E-state index in [2.05, 4.69) is 16.0 Å². The molecule has 0 aliphatic rings. The number of carbonyl (C=O) groups excluding carboxylic acids is 2. The van der Waals surface area contributed by atoms with Crippen LogP contribution in [-0.2, 0) is 9.59 Å². The fourth-order valence-electron chi connectivity index (χ4n) is 1.71. The van der Waals surface area contributed by atoms with E-state index in [-0.39, 0.29) is 11.8 Å². The number of nitrogens with one attached hydrogen (secondary N) is 3. The Bertz CT molecular complexity index is 446. The highest BCUT2D eigenvalue weighted by Gasteiger charge is 2.04. The highest BCUT2D eigenvalue weighted by atomic mass is 16.2. The van der Waals surface area contributed by atoms with Crippen LogP contribution in [0.1, 0.15) is 33.1 Å². The summed E-state index contributed by atoms with van der Waals surface area (Å²) in [4.78, 5) is 23.2. The SMILES string of the molecule is CCCNCC(=O)Nc1cccc(NC(=O)CCC)c1. The van der Waals surface area contributed by atoms with E-state index in [1.165, 1.54) is 0 Å². The van der Waals surface area contributed by atoms with Crippen LogP contribution in [0.4, 0.5) is 11.4 Å². The molecule has 20 heavy (non-hydrogen) atoms. The minimum absolute atomic E-state index is 0.0133. The van der Waals surface area contributed by atoms with Crippen molar-refractivity contribution in [2.45, 2.75) is 33.1 Å². The van der Waals surface area contributed by atoms with Crippen molar-refractivity contribution in [2.75, 3.05) is 23.7 Å². The van der Waals surface area contributed by atoms with Crippen LogP contribution in [0.2, 0.25) is 0 Å². The summed E-state index contributed by atoms with van der Waals surface area (Å²) in [5.41, 5.74) is 1.38. The molecule has 1 aromatic rings. The lowest BCUT2D eigenvalue weighted by atomic mass is 10.2. The van der Waals surface area contributed by atoms with E-state index in [4.69, 9.17) is 0 Å². The Labute approximate surface area is 120 Å². The van der Waals surface area contributed by atoms with E-state index >= 15 is 0 Å². The van der Waals surface area contributed by atoms with Crippen LogP contribution in [-0.4, -0.2) is 24.9 Å². The normalized spacial score (nSPS) is 10.1. The van der Waals surface area contributed by atoms with E-state index in [1.807, 2.05) is 13.8 Å². The van der Waals surface area contributed by atoms with E-state index in [9.17, 15) is 9.59 Å². The van der Waals surface area contributed by atoms with Crippen molar-refractivity contribution in [3.05, 3.63) is 24.3 Å². The van der Waals surface area contributed by atoms with Crippen LogP contribution < -0.4 is 16.0 Å². The third-order valence-corrected chi connectivity index (χ3v) is 2.62. The van der Waals surface area contributed by atoms with Gasteiger partial charge in [-0.3, -0.25) is 9.59 Å². The standard InChI is InChI=1S/C15H23N3O2/c1-3-6-14(19)17-12-7-5-8-13(10-12)18-15(20)11-16-9-4-2/h5,7-8,10,16H,3-4,6,9,11H2,1-2H3,(H,17,19)(H,18,20). The van der Waals surface area contributed by atoms with Gasteiger partial charge in [0.25, 0.3) is 0 Å². The van der Waals surface area contributed by atoms with Crippen molar-refractivity contribution in [1.29, 1.82) is 0 Å². The molecule has 0 unspecified atom stereocenters. The molecule has 0 saturated carbocycles. The smallest absolute Gasteiger partial charge is 0.238 e. The molecule has 5 nitrogen and oxygen atoms in total. The van der Waals surface area contributed by atoms with Gasteiger partial charge in [-0.05, 0) is 37.6 Å². The number of hydrogen-bond acceptors (Lipinski definition) is 3. The lowest BCUT2D eigenvalue weighted by Crippen LogP contribution is -2.28. The highest BCUT2D eigenvalue weighted by Crippen LogP contribution is 2.15. The molecule has 5 heteroatoms. The van der Waals surface area contributed by atoms with Gasteiger partial charge >= 0.3 is 0 Å². The molecule has 0 aromatic heterocycles. The Balaban J connectivity index is 2.50. The predicted octanol–water partition coefficient (Wildman–Crippen LogP) is 2.36. The molecule has 0 spiro atoms. The second kappa shape index (κ2) is 9.09. The monoisotopic (exact) mass is 277 g/mol. The molecular weight excluding hydrogens is 254 g/mol. The Hall–Kier alpha value is -1.88. The Morgan fingerprint density at radius 1 is 1.00 bits per heavy atom. The van der Waals surface area contributed by atoms with Gasteiger partial charge in [-0.15, -0.1) is 0 Å². The number of rotatable bonds is 8. The number of amides is 2. The quantitative estimate of drug-likeness (QED) is 0.639. The molecule has 2 amide bonds. The third kappa shape index (κ3) is 6.33. The summed E-state index contributed by atoms with van der Waals surface area (Å²) in [5.74, 6) is -0.101. The van der Waals surface area contributed by atoms with E-state index in [0.717, 1.165) is 19.4 Å². The average Bonchev–Trinajstić information content (AvgIpc) is 2.39. The molecular formula is C15H23N3O2. The van der Waals surface area contributed by atoms with Gasteiger partial charge in [0.05, 0.1) is 6.54 Å². The molecule has 0 fully saturated rings. The Morgan fingerprint density at radius 2 is 1.65 bits per heavy atom. The lowest BCUT2D eigenvalue weighted by molar-refractivity contribution is -0.116. The van der Waals surface area contributed by atoms with Crippen molar-refractivity contribution in [3.63, 3.8) is 0 Å². The molecule has 110 valence electrons. The zero-order valence-electron chi connectivity index (χ0n) is 12.2. The zero-order chi connectivity index (χ0) is 14.8. The Kier molecular flexibility index (Phi) is 7.35. The highest BCUT2D eigenvalue weighted by molar-refractivity contribution is 5.94. The fourth-order valence-corrected chi connectivity index (χ4v) is 1.71. The fraction of sp³-hybridized carbons (Fsp3) is 0.467. The summed E-state index contributed by atoms with van der Waals surface area (Å²) in [5, 5.41) is 8.63. The first-order chi connectivity index (χ1) is 9.65. The Morgan fingerprint density at radius 3 is 2.25 bits per heavy atom. The molecule has 0 saturated heterocycles. The molecule has 0 heterocycles. The first-order valence-corrected chi connectivity index (χ1v) is 7.06. The molecule has 0 aliphatic heterocycles. The van der Waals surface area contributed by atoms with Crippen molar-refractivity contribution in [1.82, 2.24) is 5.32 Å². The van der Waals surface area contributed by atoms with Gasteiger partial charge in [0.2, 0.25) is 11.8 Å². The summed E-state index contributed by atoms with van der Waals surface area (Å²) in [7, 11) is 0. The van der Waals surface area contributed by atoms with Crippen molar-refractivity contribution in [3.8, 4) is 0 Å². The number of anilines is 2. The maximum atomic E-state index is 11.7. The molecule has 0 aliphatic carbocycles. The van der Waals surface area contributed by atoms with Gasteiger partial charge in [0.1, 0.15) is 0 Å². The molecule has 3 N–H and O–H groups in total. The van der Waals surface area contributed by atoms with Crippen LogP contribution in [0.3, 0.4) is 0 Å². The summed E-state index contributed by atoms with van der Waals surface area (Å²) in [6.07, 6.45) is 2.30. The summed E-state index contributed by atoms with van der Waals surface area (Å²) < 4.78 is 0. The van der Waals surface area contributed by atoms with Crippen LogP contribution >= 0.6 is 0 Å². The van der Waals surface area contributed by atoms with Gasteiger partial charge in [-0.2, -0.15) is 0 Å².